The summed E-state index contributed by atoms with van der Waals surface area (Å²) in [5.41, 5.74) is 4.13. The molecule has 0 radical (unpaired) electrons. The van der Waals surface area contributed by atoms with Crippen molar-refractivity contribution in [2.75, 3.05) is 0 Å². The highest BCUT2D eigenvalue weighted by atomic mass is 16.1. The number of nitrogens with one attached hydrogen (secondary N) is 2. The summed E-state index contributed by atoms with van der Waals surface area (Å²) < 4.78 is 0. The van der Waals surface area contributed by atoms with Crippen LogP contribution in [0.15, 0.2) is 60.7 Å². The van der Waals surface area contributed by atoms with E-state index in [4.69, 9.17) is 0 Å². The molecule has 4 nitrogen and oxygen atoms in total. The van der Waals surface area contributed by atoms with E-state index in [1.54, 1.807) is 0 Å². The minimum Gasteiger partial charge on any atom is -0.346 e. The van der Waals surface area contributed by atoms with E-state index in [-0.39, 0.29) is 11.9 Å². The first-order chi connectivity index (χ1) is 12.6. The van der Waals surface area contributed by atoms with Crippen molar-refractivity contribution < 1.29 is 4.79 Å². The summed E-state index contributed by atoms with van der Waals surface area (Å²) in [4.78, 5) is 20.5. The fourth-order valence-corrected chi connectivity index (χ4v) is 3.33. The molecule has 130 valence electrons. The van der Waals surface area contributed by atoms with Crippen molar-refractivity contribution in [3.63, 3.8) is 0 Å². The maximum absolute atomic E-state index is 12.6. The average Bonchev–Trinajstić information content (AvgIpc) is 3.05. The van der Waals surface area contributed by atoms with Gasteiger partial charge in [0.05, 0.1) is 23.5 Å². The normalized spacial score (nSPS) is 12.4. The number of fused-ring (bicyclic) bond motifs is 2. The van der Waals surface area contributed by atoms with Gasteiger partial charge in [0, 0.05) is 0 Å². The van der Waals surface area contributed by atoms with E-state index in [0.717, 1.165) is 33.2 Å². The number of aromatic nitrogens is 2. The molecule has 1 heterocycles. The van der Waals surface area contributed by atoms with Crippen molar-refractivity contribution in [2.45, 2.75) is 26.3 Å². The first-order valence-electron chi connectivity index (χ1n) is 8.82. The van der Waals surface area contributed by atoms with Gasteiger partial charge in [-0.15, -0.1) is 0 Å². The van der Waals surface area contributed by atoms with E-state index in [9.17, 15) is 4.79 Å². The van der Waals surface area contributed by atoms with Gasteiger partial charge in [0.25, 0.3) is 0 Å². The van der Waals surface area contributed by atoms with Crippen LogP contribution in [0.25, 0.3) is 21.8 Å². The zero-order valence-electron chi connectivity index (χ0n) is 14.9. The lowest BCUT2D eigenvalue weighted by atomic mass is 10.0. The fraction of sp³-hybridized carbons (Fsp3) is 0.182. The number of benzene rings is 3. The molecule has 4 heteroatoms. The zero-order chi connectivity index (χ0) is 18.1. The molecule has 2 N–H and O–H groups in total. The molecular formula is C22H21N3O. The van der Waals surface area contributed by atoms with Crippen LogP contribution >= 0.6 is 0 Å². The summed E-state index contributed by atoms with van der Waals surface area (Å²) in [6.45, 7) is 4.00. The van der Waals surface area contributed by atoms with Crippen LogP contribution in [0.2, 0.25) is 0 Å². The molecule has 0 spiro atoms. The number of carbonyl (C=O) groups is 1. The molecule has 1 aromatic heterocycles. The molecule has 0 saturated carbocycles. The maximum atomic E-state index is 12.6. The van der Waals surface area contributed by atoms with E-state index in [1.807, 2.05) is 43.3 Å². The monoisotopic (exact) mass is 343 g/mol. The number of nitrogens with zero attached hydrogens (tertiary/aromatic N) is 1. The van der Waals surface area contributed by atoms with Crippen LogP contribution in [-0.2, 0) is 11.2 Å². The van der Waals surface area contributed by atoms with Crippen molar-refractivity contribution in [2.24, 2.45) is 0 Å². The second-order valence-corrected chi connectivity index (χ2v) is 6.75. The Labute approximate surface area is 152 Å². The second-order valence-electron chi connectivity index (χ2n) is 6.75. The SMILES string of the molecule is Cc1ccc2nc(C(C)NC(=O)Cc3cccc4ccccc34)[nH]c2c1. The van der Waals surface area contributed by atoms with E-state index in [0.29, 0.717) is 6.42 Å². The number of carbonyl (C=O) groups excluding carboxylic acids is 1. The summed E-state index contributed by atoms with van der Waals surface area (Å²) in [5, 5.41) is 5.33. The fourth-order valence-electron chi connectivity index (χ4n) is 3.33. The van der Waals surface area contributed by atoms with Gasteiger partial charge in [-0.1, -0.05) is 48.5 Å². The van der Waals surface area contributed by atoms with Crippen LogP contribution < -0.4 is 5.32 Å². The lowest BCUT2D eigenvalue weighted by Crippen LogP contribution is -2.28. The molecule has 0 fully saturated rings. The first-order valence-corrected chi connectivity index (χ1v) is 8.82. The van der Waals surface area contributed by atoms with Gasteiger partial charge in [-0.2, -0.15) is 0 Å². The van der Waals surface area contributed by atoms with Crippen molar-refractivity contribution in [1.29, 1.82) is 0 Å². The van der Waals surface area contributed by atoms with Crippen LogP contribution in [0.4, 0.5) is 0 Å². The highest BCUT2D eigenvalue weighted by molar-refractivity contribution is 5.90. The van der Waals surface area contributed by atoms with Crippen molar-refractivity contribution in [1.82, 2.24) is 15.3 Å². The zero-order valence-corrected chi connectivity index (χ0v) is 14.9. The highest BCUT2D eigenvalue weighted by Crippen LogP contribution is 2.20. The van der Waals surface area contributed by atoms with Gasteiger partial charge < -0.3 is 10.3 Å². The molecule has 26 heavy (non-hydrogen) atoms. The van der Waals surface area contributed by atoms with Gasteiger partial charge in [-0.3, -0.25) is 4.79 Å². The van der Waals surface area contributed by atoms with Gasteiger partial charge in [0.2, 0.25) is 5.91 Å². The Balaban J connectivity index is 1.51. The number of rotatable bonds is 4. The molecular weight excluding hydrogens is 322 g/mol. The Hall–Kier alpha value is -3.14. The van der Waals surface area contributed by atoms with E-state index >= 15 is 0 Å². The smallest absolute Gasteiger partial charge is 0.225 e. The summed E-state index contributed by atoms with van der Waals surface area (Å²) >= 11 is 0. The van der Waals surface area contributed by atoms with Crippen molar-refractivity contribution in [3.05, 3.63) is 77.6 Å². The first kappa shape index (κ1) is 16.3. The number of imidazole rings is 1. The number of aryl methyl sites for hydroxylation is 1. The lowest BCUT2D eigenvalue weighted by Gasteiger charge is -2.12. The number of H-pyrrole nitrogens is 1. The molecule has 4 rings (SSSR count). The second kappa shape index (κ2) is 6.64. The number of hydrogen-bond donors (Lipinski definition) is 2. The predicted octanol–water partition coefficient (Wildman–Crippen LogP) is 4.44. The van der Waals surface area contributed by atoms with Crippen LogP contribution in [-0.4, -0.2) is 15.9 Å². The van der Waals surface area contributed by atoms with Crippen LogP contribution in [0.5, 0.6) is 0 Å². The quantitative estimate of drug-likeness (QED) is 0.575. The molecule has 0 aliphatic rings. The van der Waals surface area contributed by atoms with Gasteiger partial charge in [-0.25, -0.2) is 4.98 Å². The Morgan fingerprint density at radius 3 is 2.81 bits per heavy atom. The molecule has 3 aromatic carbocycles. The van der Waals surface area contributed by atoms with Gasteiger partial charge in [-0.05, 0) is 47.9 Å². The van der Waals surface area contributed by atoms with Crippen molar-refractivity contribution in [3.8, 4) is 0 Å². The highest BCUT2D eigenvalue weighted by Gasteiger charge is 2.15. The summed E-state index contributed by atoms with van der Waals surface area (Å²) in [6, 6.07) is 20.1. The average molecular weight is 343 g/mol. The van der Waals surface area contributed by atoms with E-state index < -0.39 is 0 Å². The lowest BCUT2D eigenvalue weighted by molar-refractivity contribution is -0.121. The molecule has 0 bridgehead atoms. The minimum absolute atomic E-state index is 0.00881. The van der Waals surface area contributed by atoms with Crippen molar-refractivity contribution >= 4 is 27.7 Å². The van der Waals surface area contributed by atoms with E-state index in [1.165, 1.54) is 5.56 Å². The molecule has 1 unspecified atom stereocenters. The van der Waals surface area contributed by atoms with E-state index in [2.05, 4.69) is 46.5 Å². The number of aromatic amines is 1. The Kier molecular flexibility index (Phi) is 4.17. The predicted molar refractivity (Wildman–Crippen MR) is 105 cm³/mol. The summed E-state index contributed by atoms with van der Waals surface area (Å²) in [6.07, 6.45) is 0.352. The third kappa shape index (κ3) is 3.18. The van der Waals surface area contributed by atoms with Crippen LogP contribution in [0.1, 0.15) is 29.9 Å². The number of amides is 1. The topological polar surface area (TPSA) is 57.8 Å². The summed E-state index contributed by atoms with van der Waals surface area (Å²) in [7, 11) is 0. The molecule has 1 amide bonds. The third-order valence-corrected chi connectivity index (χ3v) is 4.67. The standard InChI is InChI=1S/C22H21N3O/c1-14-10-11-19-20(12-14)25-22(24-19)15(2)23-21(26)13-17-8-5-7-16-6-3-4-9-18(16)17/h3-12,15H,13H2,1-2H3,(H,23,26)(H,24,25). The largest absolute Gasteiger partial charge is 0.346 e. The Morgan fingerprint density at radius 2 is 1.92 bits per heavy atom. The molecule has 0 aliphatic heterocycles. The minimum atomic E-state index is -0.176. The van der Waals surface area contributed by atoms with Gasteiger partial charge >= 0.3 is 0 Å². The Bertz CT molecular complexity index is 1090. The summed E-state index contributed by atoms with van der Waals surface area (Å²) in [5.74, 6) is 0.766. The van der Waals surface area contributed by atoms with Crippen LogP contribution in [0, 0.1) is 6.92 Å². The van der Waals surface area contributed by atoms with Gasteiger partial charge in [0.15, 0.2) is 0 Å². The number of hydrogen-bond acceptors (Lipinski definition) is 2. The molecule has 1 atom stereocenters. The molecule has 0 saturated heterocycles. The van der Waals surface area contributed by atoms with Crippen LogP contribution in [0.3, 0.4) is 0 Å². The molecule has 4 aromatic rings. The molecule has 0 aliphatic carbocycles. The van der Waals surface area contributed by atoms with Gasteiger partial charge in [0.1, 0.15) is 5.82 Å². The third-order valence-electron chi connectivity index (χ3n) is 4.67. The Morgan fingerprint density at radius 1 is 1.12 bits per heavy atom. The maximum Gasteiger partial charge on any atom is 0.225 e.